The number of halogens is 1. The average molecular weight is 529 g/mol. The van der Waals surface area contributed by atoms with Crippen LogP contribution in [0.5, 0.6) is 0 Å². The van der Waals surface area contributed by atoms with Gasteiger partial charge in [-0.2, -0.15) is 5.26 Å². The minimum Gasteiger partial charge on any atom is -0.352 e. The minimum atomic E-state index is 0. The standard InChI is InChI=1S/C25H31N5.HI/c1-27-25(28-17-21-11-9-20(16-26)10-12-21)30-15-13-24-23(19-30)8-5-14-29(24)18-22-6-3-2-4-7-22;/h2-4,6-7,9-12,23-24H,5,8,13-15,17-19H2,1H3,(H,27,28);1H. The van der Waals surface area contributed by atoms with Crippen LogP contribution < -0.4 is 5.32 Å². The van der Waals surface area contributed by atoms with Crippen molar-refractivity contribution in [2.75, 3.05) is 26.7 Å². The van der Waals surface area contributed by atoms with Crippen LogP contribution in [0.15, 0.2) is 59.6 Å². The molecule has 4 rings (SSSR count). The van der Waals surface area contributed by atoms with Gasteiger partial charge in [0.25, 0.3) is 0 Å². The van der Waals surface area contributed by atoms with Gasteiger partial charge in [-0.25, -0.2) is 0 Å². The van der Waals surface area contributed by atoms with E-state index in [9.17, 15) is 0 Å². The van der Waals surface area contributed by atoms with Gasteiger partial charge in [0.2, 0.25) is 0 Å². The molecule has 6 heteroatoms. The van der Waals surface area contributed by atoms with E-state index in [4.69, 9.17) is 5.26 Å². The highest BCUT2D eigenvalue weighted by molar-refractivity contribution is 14.0. The molecule has 31 heavy (non-hydrogen) atoms. The van der Waals surface area contributed by atoms with Crippen LogP contribution in [0.3, 0.4) is 0 Å². The number of likely N-dealkylation sites (tertiary alicyclic amines) is 2. The first kappa shape index (κ1) is 23.6. The summed E-state index contributed by atoms with van der Waals surface area (Å²) in [5, 5.41) is 12.5. The molecule has 0 aromatic heterocycles. The van der Waals surface area contributed by atoms with Crippen LogP contribution in [0.1, 0.15) is 36.0 Å². The van der Waals surface area contributed by atoms with Crippen molar-refractivity contribution in [3.05, 3.63) is 71.3 Å². The number of hydrogen-bond donors (Lipinski definition) is 1. The van der Waals surface area contributed by atoms with Gasteiger partial charge in [-0.15, -0.1) is 24.0 Å². The van der Waals surface area contributed by atoms with Gasteiger partial charge in [-0.3, -0.25) is 9.89 Å². The van der Waals surface area contributed by atoms with Gasteiger partial charge in [0.05, 0.1) is 11.6 Å². The minimum absolute atomic E-state index is 0. The molecule has 0 radical (unpaired) electrons. The number of guanidine groups is 1. The van der Waals surface area contributed by atoms with Crippen LogP contribution in [0.2, 0.25) is 0 Å². The fraction of sp³-hybridized carbons (Fsp3) is 0.440. The lowest BCUT2D eigenvalue weighted by Gasteiger charge is -2.48. The van der Waals surface area contributed by atoms with Crippen LogP contribution in [0.25, 0.3) is 0 Å². The van der Waals surface area contributed by atoms with E-state index < -0.39 is 0 Å². The fourth-order valence-electron chi connectivity index (χ4n) is 4.92. The maximum atomic E-state index is 8.96. The molecule has 2 aromatic rings. The van der Waals surface area contributed by atoms with E-state index in [1.807, 2.05) is 31.3 Å². The van der Waals surface area contributed by atoms with E-state index in [1.54, 1.807) is 0 Å². The van der Waals surface area contributed by atoms with Crippen molar-refractivity contribution in [1.29, 1.82) is 5.26 Å². The second kappa shape index (κ2) is 11.5. The molecule has 164 valence electrons. The molecule has 1 N–H and O–H groups in total. The van der Waals surface area contributed by atoms with Gasteiger partial charge < -0.3 is 10.2 Å². The number of hydrogen-bond acceptors (Lipinski definition) is 3. The zero-order chi connectivity index (χ0) is 20.8. The predicted molar refractivity (Wildman–Crippen MR) is 136 cm³/mol. The molecule has 2 fully saturated rings. The molecule has 2 aliphatic heterocycles. The van der Waals surface area contributed by atoms with Crippen molar-refractivity contribution < 1.29 is 0 Å². The van der Waals surface area contributed by atoms with E-state index in [-0.39, 0.29) is 24.0 Å². The Morgan fingerprint density at radius 1 is 1.06 bits per heavy atom. The zero-order valence-corrected chi connectivity index (χ0v) is 20.5. The maximum Gasteiger partial charge on any atom is 0.193 e. The highest BCUT2D eigenvalue weighted by Crippen LogP contribution is 2.31. The molecule has 2 aliphatic rings. The molecule has 0 spiro atoms. The van der Waals surface area contributed by atoms with Crippen molar-refractivity contribution >= 4 is 29.9 Å². The van der Waals surface area contributed by atoms with Crippen LogP contribution in [-0.2, 0) is 13.1 Å². The first-order valence-electron chi connectivity index (χ1n) is 11.0. The van der Waals surface area contributed by atoms with Crippen LogP contribution >= 0.6 is 24.0 Å². The Kier molecular flexibility index (Phi) is 8.73. The van der Waals surface area contributed by atoms with E-state index in [2.05, 4.69) is 56.5 Å². The third-order valence-electron chi connectivity index (χ3n) is 6.46. The molecule has 0 bridgehead atoms. The smallest absolute Gasteiger partial charge is 0.193 e. The van der Waals surface area contributed by atoms with Crippen molar-refractivity contribution in [3.8, 4) is 6.07 Å². The van der Waals surface area contributed by atoms with Crippen LogP contribution in [0.4, 0.5) is 0 Å². The number of nitriles is 1. The first-order chi connectivity index (χ1) is 14.8. The van der Waals surface area contributed by atoms with Crippen LogP contribution in [0, 0.1) is 17.2 Å². The SMILES string of the molecule is CN=C(NCc1ccc(C#N)cc1)N1CCC2C(CCCN2Cc2ccccc2)C1.I. The molecule has 2 atom stereocenters. The largest absolute Gasteiger partial charge is 0.352 e. The highest BCUT2D eigenvalue weighted by Gasteiger charge is 2.36. The Morgan fingerprint density at radius 2 is 1.84 bits per heavy atom. The Labute approximate surface area is 203 Å². The number of benzene rings is 2. The topological polar surface area (TPSA) is 54.7 Å². The summed E-state index contributed by atoms with van der Waals surface area (Å²) in [4.78, 5) is 9.68. The molecule has 0 amide bonds. The van der Waals surface area contributed by atoms with Gasteiger partial charge in [0, 0.05) is 39.3 Å². The van der Waals surface area contributed by atoms with Gasteiger partial charge >= 0.3 is 0 Å². The summed E-state index contributed by atoms with van der Waals surface area (Å²) in [5.74, 6) is 1.68. The van der Waals surface area contributed by atoms with Crippen LogP contribution in [-0.4, -0.2) is 48.5 Å². The lowest BCUT2D eigenvalue weighted by Crippen LogP contribution is -2.56. The molecule has 2 unspecified atom stereocenters. The number of fused-ring (bicyclic) bond motifs is 1. The van der Waals surface area contributed by atoms with Gasteiger partial charge in [0.15, 0.2) is 5.96 Å². The molecule has 0 aliphatic carbocycles. The van der Waals surface area contributed by atoms with Crippen molar-refractivity contribution in [2.45, 2.75) is 38.4 Å². The third-order valence-corrected chi connectivity index (χ3v) is 6.46. The quantitative estimate of drug-likeness (QED) is 0.366. The van der Waals surface area contributed by atoms with E-state index in [0.717, 1.165) is 37.7 Å². The van der Waals surface area contributed by atoms with Crippen molar-refractivity contribution in [2.24, 2.45) is 10.9 Å². The Balaban J connectivity index is 0.00000272. The fourth-order valence-corrected chi connectivity index (χ4v) is 4.92. The summed E-state index contributed by atoms with van der Waals surface area (Å²) < 4.78 is 0. The summed E-state index contributed by atoms with van der Waals surface area (Å²) in [7, 11) is 1.87. The second-order valence-corrected chi connectivity index (χ2v) is 8.37. The summed E-state index contributed by atoms with van der Waals surface area (Å²) in [6, 6.07) is 21.5. The average Bonchev–Trinajstić information content (AvgIpc) is 2.80. The Bertz CT molecular complexity index is 890. The van der Waals surface area contributed by atoms with Gasteiger partial charge in [-0.05, 0) is 55.0 Å². The predicted octanol–water partition coefficient (Wildman–Crippen LogP) is 4.24. The third kappa shape index (κ3) is 5.98. The molecular formula is C25H32IN5. The number of rotatable bonds is 4. The Hall–Kier alpha value is -2.11. The summed E-state index contributed by atoms with van der Waals surface area (Å²) in [6.07, 6.45) is 3.77. The van der Waals surface area contributed by atoms with E-state index in [0.29, 0.717) is 17.5 Å². The second-order valence-electron chi connectivity index (χ2n) is 8.37. The lowest BCUT2D eigenvalue weighted by molar-refractivity contribution is 0.0372. The molecule has 5 nitrogen and oxygen atoms in total. The summed E-state index contributed by atoms with van der Waals surface area (Å²) in [5.41, 5.74) is 3.28. The summed E-state index contributed by atoms with van der Waals surface area (Å²) >= 11 is 0. The Morgan fingerprint density at radius 3 is 2.55 bits per heavy atom. The van der Waals surface area contributed by atoms with Crippen molar-refractivity contribution in [1.82, 2.24) is 15.1 Å². The summed E-state index contributed by atoms with van der Waals surface area (Å²) in [6.45, 7) is 5.11. The normalized spacial score (nSPS) is 21.5. The number of aliphatic imine (C=N–C) groups is 1. The van der Waals surface area contributed by atoms with E-state index >= 15 is 0 Å². The van der Waals surface area contributed by atoms with Gasteiger partial charge in [0.1, 0.15) is 0 Å². The monoisotopic (exact) mass is 529 g/mol. The van der Waals surface area contributed by atoms with Gasteiger partial charge in [-0.1, -0.05) is 42.5 Å². The number of nitrogens with zero attached hydrogens (tertiary/aromatic N) is 4. The van der Waals surface area contributed by atoms with Crippen molar-refractivity contribution in [3.63, 3.8) is 0 Å². The highest BCUT2D eigenvalue weighted by atomic mass is 127. The molecular weight excluding hydrogens is 497 g/mol. The molecule has 2 aromatic carbocycles. The molecule has 2 saturated heterocycles. The number of piperidine rings is 2. The first-order valence-corrected chi connectivity index (χ1v) is 11.0. The number of nitrogens with one attached hydrogen (secondary N) is 1. The molecule has 0 saturated carbocycles. The maximum absolute atomic E-state index is 8.96. The molecule has 2 heterocycles. The lowest BCUT2D eigenvalue weighted by atomic mass is 9.83. The van der Waals surface area contributed by atoms with E-state index in [1.165, 1.54) is 31.4 Å². The zero-order valence-electron chi connectivity index (χ0n) is 18.2.